The van der Waals surface area contributed by atoms with Crippen LogP contribution in [0.4, 0.5) is 4.39 Å². The molecule has 0 aromatic heterocycles. The van der Waals surface area contributed by atoms with Gasteiger partial charge in [-0.25, -0.2) is 12.8 Å². The van der Waals surface area contributed by atoms with Gasteiger partial charge in [-0.1, -0.05) is 48.5 Å². The quantitative estimate of drug-likeness (QED) is 0.281. The summed E-state index contributed by atoms with van der Waals surface area (Å²) in [7, 11) is -1.57. The number of sulfone groups is 1. The lowest BCUT2D eigenvalue weighted by molar-refractivity contribution is 0.599. The molecule has 0 heterocycles. The molecule has 0 radical (unpaired) electrons. The SMILES string of the molecule is CN=C(NCc1cc(F)ccc1CS(C)(=O)=O)NCc1cccc2ccccc12.I. The summed E-state index contributed by atoms with van der Waals surface area (Å²) in [6.45, 7) is 0.832. The molecule has 3 rings (SSSR count). The van der Waals surface area contributed by atoms with Crippen molar-refractivity contribution < 1.29 is 12.8 Å². The van der Waals surface area contributed by atoms with Gasteiger partial charge in [0.15, 0.2) is 15.8 Å². The maximum absolute atomic E-state index is 13.7. The van der Waals surface area contributed by atoms with E-state index in [-0.39, 0.29) is 36.3 Å². The number of rotatable bonds is 6. The Kier molecular flexibility index (Phi) is 8.60. The third-order valence-electron chi connectivity index (χ3n) is 4.58. The molecule has 3 aromatic carbocycles. The van der Waals surface area contributed by atoms with Crippen molar-refractivity contribution in [3.63, 3.8) is 0 Å². The molecule has 0 atom stereocenters. The van der Waals surface area contributed by atoms with Crippen LogP contribution in [-0.2, 0) is 28.7 Å². The van der Waals surface area contributed by atoms with Crippen LogP contribution in [0.2, 0.25) is 0 Å². The minimum absolute atomic E-state index is 0. The molecule has 0 amide bonds. The number of aliphatic imine (C=N–C) groups is 1. The Bertz CT molecular complexity index is 1140. The summed E-state index contributed by atoms with van der Waals surface area (Å²) in [6, 6.07) is 18.4. The van der Waals surface area contributed by atoms with Gasteiger partial charge in [0, 0.05) is 26.4 Å². The Morgan fingerprint density at radius 3 is 2.30 bits per heavy atom. The summed E-state index contributed by atoms with van der Waals surface area (Å²) < 4.78 is 37.0. The molecule has 0 bridgehead atoms. The highest BCUT2D eigenvalue weighted by molar-refractivity contribution is 14.0. The molecular formula is C22H25FIN3O2S. The zero-order valence-corrected chi connectivity index (χ0v) is 20.0. The van der Waals surface area contributed by atoms with Gasteiger partial charge in [-0.3, -0.25) is 4.99 Å². The molecule has 0 saturated carbocycles. The molecule has 0 unspecified atom stereocenters. The van der Waals surface area contributed by atoms with E-state index in [9.17, 15) is 12.8 Å². The van der Waals surface area contributed by atoms with Gasteiger partial charge in [0.25, 0.3) is 0 Å². The predicted octanol–water partition coefficient (Wildman–Crippen LogP) is 4.01. The molecule has 30 heavy (non-hydrogen) atoms. The number of hydrogen-bond donors (Lipinski definition) is 2. The lowest BCUT2D eigenvalue weighted by Gasteiger charge is -2.15. The van der Waals surface area contributed by atoms with E-state index >= 15 is 0 Å². The van der Waals surface area contributed by atoms with E-state index in [1.54, 1.807) is 7.05 Å². The highest BCUT2D eigenvalue weighted by Gasteiger charge is 2.11. The molecule has 3 aromatic rings. The summed E-state index contributed by atoms with van der Waals surface area (Å²) in [5, 5.41) is 8.72. The second kappa shape index (κ2) is 10.7. The van der Waals surface area contributed by atoms with E-state index in [0.29, 0.717) is 23.6 Å². The number of guanidine groups is 1. The van der Waals surface area contributed by atoms with Gasteiger partial charge < -0.3 is 10.6 Å². The average Bonchev–Trinajstić information content (AvgIpc) is 2.69. The van der Waals surface area contributed by atoms with Gasteiger partial charge in [-0.05, 0) is 39.6 Å². The molecule has 2 N–H and O–H groups in total. The third-order valence-corrected chi connectivity index (χ3v) is 5.42. The monoisotopic (exact) mass is 541 g/mol. The molecular weight excluding hydrogens is 516 g/mol. The van der Waals surface area contributed by atoms with Gasteiger partial charge in [0.1, 0.15) is 5.82 Å². The van der Waals surface area contributed by atoms with Crippen LogP contribution in [0.1, 0.15) is 16.7 Å². The van der Waals surface area contributed by atoms with E-state index in [2.05, 4.69) is 39.9 Å². The van der Waals surface area contributed by atoms with Crippen LogP contribution in [0.3, 0.4) is 0 Å². The van der Waals surface area contributed by atoms with E-state index in [1.807, 2.05) is 18.2 Å². The Hall–Kier alpha value is -2.20. The Balaban J connectivity index is 0.00000320. The lowest BCUT2D eigenvalue weighted by atomic mass is 10.0. The van der Waals surface area contributed by atoms with Gasteiger partial charge >= 0.3 is 0 Å². The van der Waals surface area contributed by atoms with Crippen LogP contribution in [0.15, 0.2) is 65.7 Å². The first-order valence-electron chi connectivity index (χ1n) is 9.22. The molecule has 5 nitrogen and oxygen atoms in total. The summed E-state index contributed by atoms with van der Waals surface area (Å²) in [5.41, 5.74) is 2.30. The topological polar surface area (TPSA) is 70.6 Å². The second-order valence-electron chi connectivity index (χ2n) is 6.90. The maximum atomic E-state index is 13.7. The van der Waals surface area contributed by atoms with Crippen LogP contribution >= 0.6 is 24.0 Å². The lowest BCUT2D eigenvalue weighted by Crippen LogP contribution is -2.36. The van der Waals surface area contributed by atoms with Crippen molar-refractivity contribution in [1.29, 1.82) is 0 Å². The first-order chi connectivity index (χ1) is 13.9. The maximum Gasteiger partial charge on any atom is 0.191 e. The molecule has 0 spiro atoms. The summed E-state index contributed by atoms with van der Waals surface area (Å²) in [5.74, 6) is 0.0111. The normalized spacial score (nSPS) is 11.8. The van der Waals surface area contributed by atoms with Crippen LogP contribution in [0.5, 0.6) is 0 Å². The number of fused-ring (bicyclic) bond motifs is 1. The van der Waals surface area contributed by atoms with Crippen molar-refractivity contribution in [3.8, 4) is 0 Å². The van der Waals surface area contributed by atoms with Crippen molar-refractivity contribution >= 4 is 50.5 Å². The molecule has 0 aliphatic carbocycles. The number of nitrogens with zero attached hydrogens (tertiary/aromatic N) is 1. The number of hydrogen-bond acceptors (Lipinski definition) is 3. The Labute approximate surface area is 193 Å². The number of halogens is 2. The molecule has 8 heteroatoms. The van der Waals surface area contributed by atoms with Crippen molar-refractivity contribution in [2.24, 2.45) is 4.99 Å². The van der Waals surface area contributed by atoms with Crippen molar-refractivity contribution in [3.05, 3.63) is 83.2 Å². The highest BCUT2D eigenvalue weighted by Crippen LogP contribution is 2.18. The van der Waals surface area contributed by atoms with E-state index in [4.69, 9.17) is 0 Å². The van der Waals surface area contributed by atoms with Crippen molar-refractivity contribution in [2.75, 3.05) is 13.3 Å². The molecule has 0 saturated heterocycles. The van der Waals surface area contributed by atoms with E-state index < -0.39 is 15.7 Å². The van der Waals surface area contributed by atoms with E-state index in [0.717, 1.165) is 11.8 Å². The van der Waals surface area contributed by atoms with Gasteiger partial charge in [-0.15, -0.1) is 24.0 Å². The average molecular weight is 541 g/mol. The van der Waals surface area contributed by atoms with Crippen molar-refractivity contribution in [2.45, 2.75) is 18.8 Å². The zero-order valence-electron chi connectivity index (χ0n) is 16.9. The Morgan fingerprint density at radius 1 is 0.933 bits per heavy atom. The first kappa shape index (κ1) is 24.1. The Morgan fingerprint density at radius 2 is 1.60 bits per heavy atom. The summed E-state index contributed by atoms with van der Waals surface area (Å²) in [4.78, 5) is 4.21. The number of benzene rings is 3. The largest absolute Gasteiger partial charge is 0.352 e. The zero-order chi connectivity index (χ0) is 20.9. The smallest absolute Gasteiger partial charge is 0.191 e. The highest BCUT2D eigenvalue weighted by atomic mass is 127. The van der Waals surface area contributed by atoms with Crippen LogP contribution in [-0.4, -0.2) is 27.7 Å². The fraction of sp³-hybridized carbons (Fsp3) is 0.227. The minimum atomic E-state index is -3.22. The second-order valence-corrected chi connectivity index (χ2v) is 9.04. The number of nitrogens with one attached hydrogen (secondary N) is 2. The molecule has 160 valence electrons. The van der Waals surface area contributed by atoms with Gasteiger partial charge in [0.2, 0.25) is 0 Å². The van der Waals surface area contributed by atoms with E-state index in [1.165, 1.54) is 29.0 Å². The fourth-order valence-corrected chi connectivity index (χ4v) is 4.05. The van der Waals surface area contributed by atoms with Crippen LogP contribution in [0, 0.1) is 5.82 Å². The first-order valence-corrected chi connectivity index (χ1v) is 11.3. The predicted molar refractivity (Wildman–Crippen MR) is 131 cm³/mol. The van der Waals surface area contributed by atoms with Gasteiger partial charge in [0.05, 0.1) is 5.75 Å². The summed E-state index contributed by atoms with van der Waals surface area (Å²) >= 11 is 0. The third kappa shape index (κ3) is 6.66. The molecule has 0 fully saturated rings. The molecule has 0 aliphatic heterocycles. The summed E-state index contributed by atoms with van der Waals surface area (Å²) in [6.07, 6.45) is 1.16. The fourth-order valence-electron chi connectivity index (χ4n) is 3.21. The minimum Gasteiger partial charge on any atom is -0.352 e. The standard InChI is InChI=1S/C22H24FN3O2S.HI/c1-24-22(25-13-17-8-5-7-16-6-3-4-9-21(16)17)26-14-19-12-20(23)11-10-18(19)15-29(2,27)28;/h3-12H,13-15H2,1-2H3,(H2,24,25,26);1H. The van der Waals surface area contributed by atoms with Crippen LogP contribution in [0.25, 0.3) is 10.8 Å². The molecule has 0 aliphatic rings. The van der Waals surface area contributed by atoms with Crippen molar-refractivity contribution in [1.82, 2.24) is 10.6 Å². The van der Waals surface area contributed by atoms with Crippen LogP contribution < -0.4 is 10.6 Å². The van der Waals surface area contributed by atoms with Gasteiger partial charge in [-0.2, -0.15) is 0 Å².